The lowest BCUT2D eigenvalue weighted by molar-refractivity contribution is -0.134. The Balaban J connectivity index is 0.000000265. The maximum Gasteiger partial charge on any atom is 0.389 e. The normalized spacial score (nSPS) is 10.5. The van der Waals surface area contributed by atoms with E-state index in [0.29, 0.717) is 0 Å². The average Bonchev–Trinajstić information content (AvgIpc) is 2.09. The van der Waals surface area contributed by atoms with Gasteiger partial charge in [-0.1, -0.05) is 42.3 Å². The quantitative estimate of drug-likeness (QED) is 0.643. The fourth-order valence-corrected chi connectivity index (χ4v) is 0.920. The molecule has 0 bridgehead atoms. The first-order valence-electron chi connectivity index (χ1n) is 4.95. The molecule has 0 atom stereocenters. The SMILES string of the molecule is CCCC(F)(F)F.Cc1ccc(C)cc1. The zero-order valence-corrected chi connectivity index (χ0v) is 9.36. The van der Waals surface area contributed by atoms with Crippen molar-refractivity contribution in [2.75, 3.05) is 0 Å². The molecule has 0 N–H and O–H groups in total. The second-order valence-electron chi connectivity index (χ2n) is 3.52. The summed E-state index contributed by atoms with van der Waals surface area (Å²) >= 11 is 0. The fourth-order valence-electron chi connectivity index (χ4n) is 0.920. The van der Waals surface area contributed by atoms with Crippen LogP contribution in [-0.4, -0.2) is 6.18 Å². The van der Waals surface area contributed by atoms with Crippen LogP contribution in [0.25, 0.3) is 0 Å². The van der Waals surface area contributed by atoms with Gasteiger partial charge in [-0.25, -0.2) is 0 Å². The molecule has 0 saturated carbocycles. The van der Waals surface area contributed by atoms with Gasteiger partial charge in [-0.2, -0.15) is 13.2 Å². The van der Waals surface area contributed by atoms with Crippen LogP contribution in [0.15, 0.2) is 24.3 Å². The van der Waals surface area contributed by atoms with E-state index in [-0.39, 0.29) is 6.42 Å². The summed E-state index contributed by atoms with van der Waals surface area (Å²) in [7, 11) is 0. The van der Waals surface area contributed by atoms with Gasteiger partial charge < -0.3 is 0 Å². The van der Waals surface area contributed by atoms with Gasteiger partial charge in [0.25, 0.3) is 0 Å². The van der Waals surface area contributed by atoms with E-state index in [1.807, 2.05) is 0 Å². The molecule has 0 aliphatic carbocycles. The summed E-state index contributed by atoms with van der Waals surface area (Å²) in [5.74, 6) is 0. The summed E-state index contributed by atoms with van der Waals surface area (Å²) in [5, 5.41) is 0. The van der Waals surface area contributed by atoms with E-state index in [4.69, 9.17) is 0 Å². The summed E-state index contributed by atoms with van der Waals surface area (Å²) in [6, 6.07) is 8.48. The Morgan fingerprint density at radius 1 is 0.933 bits per heavy atom. The van der Waals surface area contributed by atoms with Gasteiger partial charge in [0.2, 0.25) is 0 Å². The van der Waals surface area contributed by atoms with Crippen LogP contribution < -0.4 is 0 Å². The third-order valence-electron chi connectivity index (χ3n) is 1.75. The van der Waals surface area contributed by atoms with Crippen molar-refractivity contribution in [3.05, 3.63) is 35.4 Å². The minimum absolute atomic E-state index is 0.184. The Kier molecular flexibility index (Phi) is 6.06. The first-order chi connectivity index (χ1) is 6.85. The van der Waals surface area contributed by atoms with Gasteiger partial charge >= 0.3 is 6.18 Å². The van der Waals surface area contributed by atoms with Crippen LogP contribution in [0.1, 0.15) is 30.9 Å². The van der Waals surface area contributed by atoms with Crippen LogP contribution in [0, 0.1) is 13.8 Å². The number of hydrogen-bond acceptors (Lipinski definition) is 0. The van der Waals surface area contributed by atoms with E-state index >= 15 is 0 Å². The molecule has 0 aliphatic heterocycles. The molecule has 0 aromatic heterocycles. The number of alkyl halides is 3. The largest absolute Gasteiger partial charge is 0.389 e. The van der Waals surface area contributed by atoms with Gasteiger partial charge in [-0.3, -0.25) is 0 Å². The van der Waals surface area contributed by atoms with E-state index in [2.05, 4.69) is 38.1 Å². The Bertz CT molecular complexity index is 238. The second kappa shape index (κ2) is 6.49. The van der Waals surface area contributed by atoms with E-state index in [0.717, 1.165) is 0 Å². The van der Waals surface area contributed by atoms with Gasteiger partial charge in [-0.05, 0) is 20.3 Å². The van der Waals surface area contributed by atoms with Gasteiger partial charge in [0.15, 0.2) is 0 Å². The zero-order valence-electron chi connectivity index (χ0n) is 9.36. The van der Waals surface area contributed by atoms with Crippen LogP contribution in [0.2, 0.25) is 0 Å². The molecule has 0 fully saturated rings. The first-order valence-corrected chi connectivity index (χ1v) is 4.95. The Morgan fingerprint density at radius 2 is 1.27 bits per heavy atom. The minimum Gasteiger partial charge on any atom is -0.171 e. The molecule has 86 valence electrons. The fraction of sp³-hybridized carbons (Fsp3) is 0.500. The van der Waals surface area contributed by atoms with Crippen LogP contribution in [0.5, 0.6) is 0 Å². The topological polar surface area (TPSA) is 0 Å². The van der Waals surface area contributed by atoms with E-state index in [1.165, 1.54) is 18.1 Å². The zero-order chi connectivity index (χ0) is 11.9. The molecule has 0 nitrogen and oxygen atoms in total. The molecular formula is C12H17F3. The highest BCUT2D eigenvalue weighted by atomic mass is 19.4. The van der Waals surface area contributed by atoms with Gasteiger partial charge in [-0.15, -0.1) is 0 Å². The predicted molar refractivity (Wildman–Crippen MR) is 56.9 cm³/mol. The van der Waals surface area contributed by atoms with Crippen molar-refractivity contribution < 1.29 is 13.2 Å². The predicted octanol–water partition coefficient (Wildman–Crippen LogP) is 4.65. The van der Waals surface area contributed by atoms with E-state index < -0.39 is 12.6 Å². The number of benzene rings is 1. The third-order valence-corrected chi connectivity index (χ3v) is 1.75. The number of halogens is 3. The van der Waals surface area contributed by atoms with Crippen LogP contribution >= 0.6 is 0 Å². The lowest BCUT2D eigenvalue weighted by atomic mass is 10.2. The number of rotatable bonds is 1. The Labute approximate surface area is 89.1 Å². The maximum atomic E-state index is 11.1. The molecule has 0 saturated heterocycles. The van der Waals surface area contributed by atoms with Crippen molar-refractivity contribution >= 4 is 0 Å². The van der Waals surface area contributed by atoms with Crippen molar-refractivity contribution in [3.63, 3.8) is 0 Å². The first kappa shape index (κ1) is 14.0. The molecule has 15 heavy (non-hydrogen) atoms. The minimum atomic E-state index is -3.95. The van der Waals surface area contributed by atoms with Gasteiger partial charge in [0.1, 0.15) is 0 Å². The summed E-state index contributed by atoms with van der Waals surface area (Å²) in [6.07, 6.45) is -4.43. The molecule has 1 rings (SSSR count). The summed E-state index contributed by atoms with van der Waals surface area (Å²) in [4.78, 5) is 0. The highest BCUT2D eigenvalue weighted by Crippen LogP contribution is 2.20. The van der Waals surface area contributed by atoms with Crippen LogP contribution in [-0.2, 0) is 0 Å². The van der Waals surface area contributed by atoms with Gasteiger partial charge in [0, 0.05) is 6.42 Å². The number of aryl methyl sites for hydroxylation is 2. The summed E-state index contributed by atoms with van der Waals surface area (Å²) in [5.41, 5.74) is 2.66. The van der Waals surface area contributed by atoms with Crippen molar-refractivity contribution in [1.82, 2.24) is 0 Å². The van der Waals surface area contributed by atoms with Crippen LogP contribution in [0.4, 0.5) is 13.2 Å². The smallest absolute Gasteiger partial charge is 0.171 e. The molecule has 1 aromatic rings. The maximum absolute atomic E-state index is 11.1. The second-order valence-corrected chi connectivity index (χ2v) is 3.52. The van der Waals surface area contributed by atoms with Crippen LogP contribution in [0.3, 0.4) is 0 Å². The molecule has 0 aliphatic rings. The molecule has 0 heterocycles. The molecule has 1 aromatic carbocycles. The molecule has 3 heteroatoms. The van der Waals surface area contributed by atoms with Crippen molar-refractivity contribution in [2.45, 2.75) is 39.8 Å². The highest BCUT2D eigenvalue weighted by molar-refractivity contribution is 5.19. The molecular weight excluding hydrogens is 201 g/mol. The van der Waals surface area contributed by atoms with E-state index in [9.17, 15) is 13.2 Å². The van der Waals surface area contributed by atoms with Crippen molar-refractivity contribution in [3.8, 4) is 0 Å². The molecule has 0 unspecified atom stereocenters. The average molecular weight is 218 g/mol. The summed E-state index contributed by atoms with van der Waals surface area (Å²) in [6.45, 7) is 5.70. The monoisotopic (exact) mass is 218 g/mol. The molecule has 0 amide bonds. The lowest BCUT2D eigenvalue weighted by Gasteiger charge is -2.00. The third kappa shape index (κ3) is 9.32. The standard InChI is InChI=1S/C8H10.C4H7F3/c1-7-3-5-8(2)6-4-7;1-2-3-4(5,6)7/h3-6H,1-2H3;2-3H2,1H3. The van der Waals surface area contributed by atoms with Crippen molar-refractivity contribution in [2.24, 2.45) is 0 Å². The summed E-state index contributed by atoms with van der Waals surface area (Å²) < 4.78 is 33.2. The van der Waals surface area contributed by atoms with Gasteiger partial charge in [0.05, 0.1) is 0 Å². The van der Waals surface area contributed by atoms with E-state index in [1.54, 1.807) is 0 Å². The Morgan fingerprint density at radius 3 is 1.40 bits per heavy atom. The molecule has 0 spiro atoms. The molecule has 0 radical (unpaired) electrons. The lowest BCUT2D eigenvalue weighted by Crippen LogP contribution is -2.04. The Hall–Kier alpha value is -0.990. The number of hydrogen-bond donors (Lipinski definition) is 0. The highest BCUT2D eigenvalue weighted by Gasteiger charge is 2.24. The van der Waals surface area contributed by atoms with Crippen molar-refractivity contribution in [1.29, 1.82) is 0 Å².